The molecule has 0 saturated heterocycles. The second-order valence-electron chi connectivity index (χ2n) is 13.3. The first-order chi connectivity index (χ1) is 19.2. The molecule has 2 rings (SSSR count). The van der Waals surface area contributed by atoms with E-state index in [2.05, 4.69) is 111 Å². The highest BCUT2D eigenvalue weighted by Crippen LogP contribution is 2.44. The largest absolute Gasteiger partial charge is 0.412 e. The maximum Gasteiger partial charge on any atom is 0.261 e. The van der Waals surface area contributed by atoms with Crippen molar-refractivity contribution in [3.63, 3.8) is 0 Å². The number of Topliss-reactive ketones (excluding diaryl/α,β-unsaturated/α-hetero) is 1. The van der Waals surface area contributed by atoms with Gasteiger partial charge in [0.05, 0.1) is 6.10 Å². The van der Waals surface area contributed by atoms with Gasteiger partial charge in [0.1, 0.15) is 5.78 Å². The van der Waals surface area contributed by atoms with E-state index in [0.29, 0.717) is 42.5 Å². The van der Waals surface area contributed by atoms with Crippen molar-refractivity contribution >= 4 is 38.6 Å². The summed E-state index contributed by atoms with van der Waals surface area (Å²) < 4.78 is 14.0. The third-order valence-corrected chi connectivity index (χ3v) is 19.6. The number of hydrogen-bond donors (Lipinski definition) is 0. The molecule has 0 N–H and O–H groups in total. The number of carbonyl (C=O) groups excluding carboxylic acids is 2. The molecule has 0 aliphatic rings. The van der Waals surface area contributed by atoms with Crippen LogP contribution in [0.15, 0.2) is 72.8 Å². The molecule has 0 heterocycles. The molecule has 0 aliphatic heterocycles. The highest BCUT2D eigenvalue weighted by Gasteiger charge is 2.50. The van der Waals surface area contributed by atoms with Crippen LogP contribution in [0.3, 0.4) is 0 Å². The third-order valence-electron chi connectivity index (χ3n) is 8.40. The molecule has 0 amide bonds. The van der Waals surface area contributed by atoms with Crippen molar-refractivity contribution in [2.24, 2.45) is 0 Å². The van der Waals surface area contributed by atoms with E-state index in [-0.39, 0.29) is 22.7 Å². The lowest BCUT2D eigenvalue weighted by atomic mass is 10.1. The Kier molecular flexibility index (Phi) is 13.2. The summed E-state index contributed by atoms with van der Waals surface area (Å²) in [5, 5.41) is 2.28. The van der Waals surface area contributed by atoms with Crippen LogP contribution < -0.4 is 10.4 Å². The van der Waals surface area contributed by atoms with E-state index in [9.17, 15) is 9.59 Å². The molecule has 4 nitrogen and oxygen atoms in total. The summed E-state index contributed by atoms with van der Waals surface area (Å²) >= 11 is 0. The summed E-state index contributed by atoms with van der Waals surface area (Å²) in [4.78, 5) is 25.1. The minimum atomic E-state index is -2.70. The normalized spacial score (nSPS) is 13.9. The molecule has 0 spiro atoms. The molecule has 0 radical (unpaired) electrons. The Morgan fingerprint density at radius 2 is 1.27 bits per heavy atom. The zero-order chi connectivity index (χ0) is 30.8. The molecule has 0 aliphatic carbocycles. The Hall–Kier alpha value is -2.13. The maximum absolute atomic E-state index is 13.5. The zero-order valence-electron chi connectivity index (χ0n) is 27.2. The van der Waals surface area contributed by atoms with Crippen LogP contribution in [0.1, 0.15) is 88.5 Å². The van der Waals surface area contributed by atoms with Gasteiger partial charge in [0.2, 0.25) is 8.32 Å². The molecule has 2 aromatic carbocycles. The van der Waals surface area contributed by atoms with Gasteiger partial charge in [0.25, 0.3) is 8.32 Å². The van der Waals surface area contributed by atoms with Crippen LogP contribution >= 0.6 is 0 Å². The fourth-order valence-corrected chi connectivity index (χ4v) is 16.8. The average Bonchev–Trinajstić information content (AvgIpc) is 2.89. The van der Waals surface area contributed by atoms with Gasteiger partial charge < -0.3 is 8.85 Å². The van der Waals surface area contributed by atoms with E-state index in [1.165, 1.54) is 10.4 Å². The number of rotatable bonds is 16. The predicted molar refractivity (Wildman–Crippen MR) is 178 cm³/mol. The number of benzene rings is 2. The van der Waals surface area contributed by atoms with Crippen molar-refractivity contribution in [2.45, 2.75) is 116 Å². The summed E-state index contributed by atoms with van der Waals surface area (Å²) in [7, 11) is -4.90. The number of allylic oxidation sites excluding steroid dienone is 1. The number of hydrogen-bond acceptors (Lipinski definition) is 4. The summed E-state index contributed by atoms with van der Waals surface area (Å²) in [6, 6.07) is 21.1. The summed E-state index contributed by atoms with van der Waals surface area (Å²) in [5.74, 6) is 0.150. The lowest BCUT2D eigenvalue weighted by Crippen LogP contribution is -2.66. The monoisotopic (exact) mass is 594 g/mol. The van der Waals surface area contributed by atoms with Crippen molar-refractivity contribution in [1.82, 2.24) is 0 Å². The first kappa shape index (κ1) is 35.1. The van der Waals surface area contributed by atoms with Crippen molar-refractivity contribution in [3.8, 4) is 0 Å². The van der Waals surface area contributed by atoms with Gasteiger partial charge in [0, 0.05) is 19.4 Å². The van der Waals surface area contributed by atoms with Gasteiger partial charge in [-0.15, -0.1) is 0 Å². The summed E-state index contributed by atoms with van der Waals surface area (Å²) in [6.07, 6.45) is 4.44. The average molecular weight is 595 g/mol. The van der Waals surface area contributed by atoms with Gasteiger partial charge in [-0.05, 0) is 51.5 Å². The Bertz CT molecular complexity index is 1060. The first-order valence-corrected chi connectivity index (χ1v) is 19.3. The Morgan fingerprint density at radius 1 is 0.805 bits per heavy atom. The lowest BCUT2D eigenvalue weighted by Gasteiger charge is -2.44. The highest BCUT2D eigenvalue weighted by molar-refractivity contribution is 6.99. The van der Waals surface area contributed by atoms with Crippen LogP contribution in [0.25, 0.3) is 0 Å². The minimum absolute atomic E-state index is 0.00821. The molecule has 0 fully saturated rings. The van der Waals surface area contributed by atoms with Crippen molar-refractivity contribution < 1.29 is 18.4 Å². The summed E-state index contributed by atoms with van der Waals surface area (Å²) in [5.41, 5.74) is 1.24. The smallest absolute Gasteiger partial charge is 0.261 e. The quantitative estimate of drug-likeness (QED) is 0.146. The Morgan fingerprint density at radius 3 is 1.66 bits per heavy atom. The molecular weight excluding hydrogens is 541 g/mol. The van der Waals surface area contributed by atoms with E-state index in [4.69, 9.17) is 8.85 Å². The number of carbonyl (C=O) groups is 2. The van der Waals surface area contributed by atoms with Crippen molar-refractivity contribution in [3.05, 3.63) is 72.8 Å². The zero-order valence-corrected chi connectivity index (χ0v) is 29.2. The van der Waals surface area contributed by atoms with Crippen LogP contribution in [-0.2, 0) is 18.4 Å². The van der Waals surface area contributed by atoms with Crippen LogP contribution in [0.2, 0.25) is 21.7 Å². The molecular formula is C35H54O4Si2. The van der Waals surface area contributed by atoms with Crippen molar-refractivity contribution in [1.29, 1.82) is 0 Å². The van der Waals surface area contributed by atoms with Crippen LogP contribution in [0.5, 0.6) is 0 Å². The van der Waals surface area contributed by atoms with E-state index in [1.807, 2.05) is 18.2 Å². The van der Waals surface area contributed by atoms with E-state index in [0.717, 1.165) is 0 Å². The van der Waals surface area contributed by atoms with Crippen LogP contribution in [-0.4, -0.2) is 40.9 Å². The van der Waals surface area contributed by atoms with Gasteiger partial charge in [0.15, 0.2) is 5.78 Å². The highest BCUT2D eigenvalue weighted by atomic mass is 28.4. The third kappa shape index (κ3) is 8.69. The fraction of sp³-hybridized carbons (Fsp3) is 0.543. The SMILES string of the molecule is CC(=O)/C=C/C[C@H](CC(=O)CCO[Si](c1ccccc1)(c1ccccc1)C(C)(C)C)O[Si](C(C)C)(C(C)C)C(C)C. The Balaban J connectivity index is 2.32. The topological polar surface area (TPSA) is 52.6 Å². The van der Waals surface area contributed by atoms with Gasteiger partial charge in [-0.25, -0.2) is 0 Å². The Labute approximate surface area is 252 Å². The predicted octanol–water partition coefficient (Wildman–Crippen LogP) is 8.01. The van der Waals surface area contributed by atoms with Crippen LogP contribution in [0.4, 0.5) is 0 Å². The van der Waals surface area contributed by atoms with E-state index >= 15 is 0 Å². The van der Waals surface area contributed by atoms with Gasteiger partial charge in [-0.1, -0.05) is 129 Å². The molecule has 0 saturated carbocycles. The molecule has 41 heavy (non-hydrogen) atoms. The molecule has 226 valence electrons. The van der Waals surface area contributed by atoms with Gasteiger partial charge in [-0.2, -0.15) is 0 Å². The second kappa shape index (κ2) is 15.4. The molecule has 0 bridgehead atoms. The summed E-state index contributed by atoms with van der Waals surface area (Å²) in [6.45, 7) is 22.2. The fourth-order valence-electron chi connectivity index (χ4n) is 6.69. The minimum Gasteiger partial charge on any atom is -0.412 e. The molecule has 1 atom stereocenters. The van der Waals surface area contributed by atoms with Crippen molar-refractivity contribution in [2.75, 3.05) is 6.61 Å². The first-order valence-electron chi connectivity index (χ1n) is 15.3. The van der Waals surface area contributed by atoms with E-state index < -0.39 is 16.6 Å². The molecule has 0 aromatic heterocycles. The molecule has 6 heteroatoms. The van der Waals surface area contributed by atoms with E-state index in [1.54, 1.807) is 13.0 Å². The molecule has 2 aromatic rings. The lowest BCUT2D eigenvalue weighted by molar-refractivity contribution is -0.121. The molecule has 0 unspecified atom stereocenters. The standard InChI is InChI=1S/C35H54O4Si2/c1-27(2)40(28(3)4,29(5)6)39-32(19-17-18-30(7)36)26-31(37)24-25-38-41(35(8,9)10,33-20-13-11-14-21-33)34-22-15-12-16-23-34/h11-18,20-23,27-29,32H,19,24-26H2,1-10H3/b18-17+/t32-/m1/s1. The number of ketones is 2. The second-order valence-corrected chi connectivity index (χ2v) is 23.0. The van der Waals surface area contributed by atoms with Gasteiger partial charge in [-0.3, -0.25) is 9.59 Å². The maximum atomic E-state index is 13.5. The van der Waals surface area contributed by atoms with Crippen LogP contribution in [0, 0.1) is 0 Å². The van der Waals surface area contributed by atoms with Gasteiger partial charge >= 0.3 is 0 Å².